The van der Waals surface area contributed by atoms with Crippen molar-refractivity contribution in [2.45, 2.75) is 218 Å². The molecule has 11 amide bonds. The summed E-state index contributed by atoms with van der Waals surface area (Å²) >= 11 is 0. The first-order valence-corrected chi connectivity index (χ1v) is 37.4. The fraction of sp³-hybridized carbons (Fsp3) is 0.653. The molecule has 0 bridgehead atoms. The molecule has 2 saturated heterocycles. The minimum absolute atomic E-state index is 0.105. The molecule has 17 atom stereocenters. The van der Waals surface area contributed by atoms with E-state index in [0.29, 0.717) is 57.2 Å². The van der Waals surface area contributed by atoms with Gasteiger partial charge in [-0.2, -0.15) is 0 Å². The molecule has 614 valence electrons. The van der Waals surface area contributed by atoms with Gasteiger partial charge in [0.15, 0.2) is 6.10 Å². The molecule has 2 aromatic carbocycles. The third-order valence-electron chi connectivity index (χ3n) is 19.8. The predicted molar refractivity (Wildman–Crippen MR) is 396 cm³/mol. The lowest BCUT2D eigenvalue weighted by molar-refractivity contribution is -0.271. The van der Waals surface area contributed by atoms with E-state index in [1.54, 1.807) is 77.8 Å². The summed E-state index contributed by atoms with van der Waals surface area (Å²) in [5, 5.41) is 68.7. The number of nitrogens with two attached hydrogens (primary N) is 1. The molecule has 3 heterocycles. The van der Waals surface area contributed by atoms with Crippen molar-refractivity contribution >= 4 is 77.0 Å². The molecule has 3 aliphatic rings. The van der Waals surface area contributed by atoms with Crippen molar-refractivity contribution in [3.8, 4) is 5.75 Å². The minimum atomic E-state index is -2.06. The molecule has 0 saturated carbocycles. The number of imide groups is 1. The highest BCUT2D eigenvalue weighted by molar-refractivity contribution is 6.15. The van der Waals surface area contributed by atoms with Crippen molar-refractivity contribution in [2.75, 3.05) is 79.6 Å². The number of carboxylic acid groups (broad SMARTS) is 1. The number of aliphatic carboxylic acids is 1. The van der Waals surface area contributed by atoms with E-state index in [0.717, 1.165) is 22.0 Å². The maximum atomic E-state index is 14.9. The summed E-state index contributed by atoms with van der Waals surface area (Å²) in [5.41, 5.74) is 6.35. The largest absolute Gasteiger partial charge is 0.479 e. The van der Waals surface area contributed by atoms with Crippen molar-refractivity contribution in [2.24, 2.45) is 29.4 Å². The van der Waals surface area contributed by atoms with Gasteiger partial charge < -0.3 is 101 Å². The number of aliphatic hydroxyl groups is 4. The van der Waals surface area contributed by atoms with Gasteiger partial charge in [-0.25, -0.2) is 14.4 Å². The Morgan fingerprint density at radius 3 is 2.04 bits per heavy atom. The van der Waals surface area contributed by atoms with Crippen LogP contribution in [-0.2, 0) is 83.0 Å². The Morgan fingerprint density at radius 1 is 0.745 bits per heavy atom. The van der Waals surface area contributed by atoms with Gasteiger partial charge in [0.1, 0.15) is 61.4 Å². The number of unbranched alkanes of at least 4 members (excludes halogenated alkanes) is 1. The van der Waals surface area contributed by atoms with Gasteiger partial charge in [-0.1, -0.05) is 98.2 Å². The SMILES string of the molecule is CCCNC(=O)[C@H](CCCCNC(=O)CCOCCOC(=O)Nc1cc(COC(=O)N(C)[C@H](C(=O)N[C@H](C(=O)N(C)[C@@H]([C@@H](C)CC)[C@@H](CC(=O)N2CCC[C@H]2[C@H](OC)[C@@H](C)C(=O)N[C@H](C)[C@@H](O)c2ccccc2)OC)C(C)C)C(C)C)ccc1O[C@@H]1O[C@H](C(=O)O)[C@@H](O)[C@H](O)[C@H]1O)NC(=O)[C@@H](CN)N1C(=O)C=CC1=O. The molecule has 35 nitrogen and oxygen atoms in total. The number of nitrogens with zero attached hydrogens (tertiary/aromatic N) is 4. The minimum Gasteiger partial charge on any atom is -0.479 e. The normalized spacial score (nSPS) is 20.7. The molecule has 110 heavy (non-hydrogen) atoms. The number of likely N-dealkylation sites (N-methyl/N-ethyl adjacent to an activating group) is 2. The van der Waals surface area contributed by atoms with Crippen molar-refractivity contribution < 1.29 is 116 Å². The number of carbonyl (C=O) groups excluding carboxylic acids is 11. The number of amides is 11. The number of carbonyl (C=O) groups is 12. The predicted octanol–water partition coefficient (Wildman–Crippen LogP) is 1.35. The van der Waals surface area contributed by atoms with E-state index < -0.39 is 175 Å². The number of hydrogen-bond acceptors (Lipinski definition) is 24. The van der Waals surface area contributed by atoms with Crippen molar-refractivity contribution in [1.29, 1.82) is 0 Å². The Hall–Kier alpha value is -8.94. The van der Waals surface area contributed by atoms with Gasteiger partial charge in [-0.05, 0) is 86.5 Å². The zero-order valence-electron chi connectivity index (χ0n) is 65.1. The molecule has 2 fully saturated rings. The molecule has 0 aromatic heterocycles. The number of nitrogens with one attached hydrogen (secondary N) is 6. The van der Waals surface area contributed by atoms with E-state index in [9.17, 15) is 83.1 Å². The second kappa shape index (κ2) is 44.8. The molecular weight excluding hydrogens is 1440 g/mol. The number of carboxylic acids is 1. The van der Waals surface area contributed by atoms with Crippen LogP contribution in [0.3, 0.4) is 0 Å². The summed E-state index contributed by atoms with van der Waals surface area (Å²) < 4.78 is 39.7. The third kappa shape index (κ3) is 25.6. The van der Waals surface area contributed by atoms with Gasteiger partial charge in [0.25, 0.3) is 11.8 Å². The summed E-state index contributed by atoms with van der Waals surface area (Å²) in [6.45, 7) is 15.4. The van der Waals surface area contributed by atoms with Crippen LogP contribution in [0.5, 0.6) is 5.75 Å². The van der Waals surface area contributed by atoms with Gasteiger partial charge in [0.05, 0.1) is 67.7 Å². The van der Waals surface area contributed by atoms with Crippen LogP contribution in [0.15, 0.2) is 60.7 Å². The lowest BCUT2D eigenvalue weighted by Gasteiger charge is -2.41. The molecule has 35 heteroatoms. The fourth-order valence-electron chi connectivity index (χ4n) is 13.4. The molecular formula is C75H115N11O24. The number of methoxy groups -OCH3 is 2. The zero-order chi connectivity index (χ0) is 81.8. The quantitative estimate of drug-likeness (QED) is 0.0329. The van der Waals surface area contributed by atoms with E-state index in [1.807, 2.05) is 26.8 Å². The van der Waals surface area contributed by atoms with E-state index in [4.69, 9.17) is 38.9 Å². The highest BCUT2D eigenvalue weighted by atomic mass is 16.7. The third-order valence-corrected chi connectivity index (χ3v) is 19.8. The second-order valence-corrected chi connectivity index (χ2v) is 28.5. The second-order valence-electron chi connectivity index (χ2n) is 28.5. The van der Waals surface area contributed by atoms with Gasteiger partial charge in [-0.15, -0.1) is 0 Å². The number of aliphatic hydroxyl groups excluding tert-OH is 4. The Bertz CT molecular complexity index is 3420. The summed E-state index contributed by atoms with van der Waals surface area (Å²) in [6.07, 6.45) is -9.69. The smallest absolute Gasteiger partial charge is 0.411 e. The fourth-order valence-corrected chi connectivity index (χ4v) is 13.4. The summed E-state index contributed by atoms with van der Waals surface area (Å²) in [5.74, 6) is -8.93. The molecule has 0 radical (unpaired) electrons. The van der Waals surface area contributed by atoms with Crippen molar-refractivity contribution in [3.05, 3.63) is 71.8 Å². The molecule has 5 rings (SSSR count). The van der Waals surface area contributed by atoms with E-state index in [2.05, 4.69) is 31.9 Å². The van der Waals surface area contributed by atoms with Gasteiger partial charge in [-0.3, -0.25) is 58.3 Å². The number of benzene rings is 2. The first kappa shape index (κ1) is 91.7. The lowest BCUT2D eigenvalue weighted by Crippen LogP contribution is -2.61. The lowest BCUT2D eigenvalue weighted by atomic mass is 9.89. The number of anilines is 1. The molecule has 2 aromatic rings. The van der Waals surface area contributed by atoms with Gasteiger partial charge >= 0.3 is 18.2 Å². The van der Waals surface area contributed by atoms with E-state index in [-0.39, 0.29) is 86.9 Å². The number of likely N-dealkylation sites (tertiary alicyclic amines) is 1. The zero-order valence-corrected chi connectivity index (χ0v) is 65.1. The van der Waals surface area contributed by atoms with Crippen LogP contribution in [0.1, 0.15) is 137 Å². The van der Waals surface area contributed by atoms with Crippen LogP contribution < -0.4 is 42.4 Å². The molecule has 0 unspecified atom stereocenters. The summed E-state index contributed by atoms with van der Waals surface area (Å²) in [4.78, 5) is 165. The molecule has 13 N–H and O–H groups in total. The Kier molecular flexibility index (Phi) is 37.3. The van der Waals surface area contributed by atoms with Gasteiger partial charge in [0.2, 0.25) is 47.6 Å². The average Bonchev–Trinajstić information content (AvgIpc) is 0.977. The van der Waals surface area contributed by atoms with E-state index in [1.165, 1.54) is 44.4 Å². The average molecular weight is 1550 g/mol. The van der Waals surface area contributed by atoms with Crippen LogP contribution in [-0.4, -0.2) is 276 Å². The maximum Gasteiger partial charge on any atom is 0.411 e. The molecule has 0 spiro atoms. The van der Waals surface area contributed by atoms with Crippen molar-refractivity contribution in [3.63, 3.8) is 0 Å². The summed E-state index contributed by atoms with van der Waals surface area (Å²) in [7, 11) is 5.87. The van der Waals surface area contributed by atoms with Crippen LogP contribution in [0.25, 0.3) is 0 Å². The Morgan fingerprint density at radius 2 is 1.43 bits per heavy atom. The first-order chi connectivity index (χ1) is 52.2. The highest BCUT2D eigenvalue weighted by Gasteiger charge is 2.49. The molecule has 0 aliphatic carbocycles. The first-order valence-electron chi connectivity index (χ1n) is 37.4. The number of hydrogen-bond donors (Lipinski definition) is 12. The van der Waals surface area contributed by atoms with Gasteiger partial charge in [0, 0.05) is 73.1 Å². The molecule has 3 aliphatic heterocycles. The highest BCUT2D eigenvalue weighted by Crippen LogP contribution is 2.34. The Labute approximate surface area is 641 Å². The van der Waals surface area contributed by atoms with Crippen LogP contribution >= 0.6 is 0 Å². The standard InChI is InChI=1S/C75H115N11O24/c1-14-31-78-68(96)48(80-69(97)51(39-76)86-55(88)28-29-56(86)89)24-19-20-32-77-54(87)30-34-106-35-36-107-74(102)81-49-37-46(26-27-52(49)109-73-64(94)62(92)63(93)66(110-73)72(100)101)40-108-75(103)84(11)59(42(5)6)70(98)82-58(41(3)4)71(99)83(10)60(43(7)15-2)53(104-12)38-57(90)85-33-21-25-50(85)65(105-13)44(8)67(95)79-45(9)61(91)47-22-17-16-18-23-47/h16-18,22-23,26-29,37,41-45,48,50-51,53,58-66,73,91-94H,14-15,19-21,24-25,30-36,38-40,76H2,1-13H3,(H,77,87)(H,78,96)(H,79,95)(H,80,97)(H,81,102)(H,82,98)(H,100,101)/t43-,44+,45+,48-,50-,51+,53+,58-,59-,60-,61+,62-,63-,64+,65+,66-,73+/m0/s1. The Balaban J connectivity index is 1.19. The topological polar surface area (TPSA) is 482 Å². The van der Waals surface area contributed by atoms with Crippen LogP contribution in [0, 0.1) is 23.7 Å². The number of ether oxygens (including phenoxy) is 7. The summed E-state index contributed by atoms with van der Waals surface area (Å²) in [6, 6.07) is 6.26. The van der Waals surface area contributed by atoms with E-state index >= 15 is 0 Å². The van der Waals surface area contributed by atoms with Crippen LogP contribution in [0.4, 0.5) is 15.3 Å². The van der Waals surface area contributed by atoms with Crippen molar-refractivity contribution in [1.82, 2.24) is 46.2 Å². The van der Waals surface area contributed by atoms with Crippen LogP contribution in [0.2, 0.25) is 0 Å². The monoisotopic (exact) mass is 1550 g/mol. The maximum absolute atomic E-state index is 14.9. The number of rotatable bonds is 44.